The molecule has 1 aromatic rings. The topological polar surface area (TPSA) is 120 Å². The van der Waals surface area contributed by atoms with Crippen molar-refractivity contribution < 1.29 is 19.5 Å². The first-order chi connectivity index (χ1) is 14.0. The molecule has 1 fully saturated rings. The second-order valence-electron chi connectivity index (χ2n) is 7.25. The Bertz CT molecular complexity index is 654. The number of rotatable bonds is 12. The van der Waals surface area contributed by atoms with Crippen LogP contribution in [0.3, 0.4) is 0 Å². The van der Waals surface area contributed by atoms with Crippen molar-refractivity contribution in [1.29, 1.82) is 0 Å². The summed E-state index contributed by atoms with van der Waals surface area (Å²) < 4.78 is 5.37. The minimum Gasteiger partial charge on any atom is -0.379 e. The van der Waals surface area contributed by atoms with E-state index >= 15 is 0 Å². The number of nitrogens with zero attached hydrogens (tertiary/aromatic N) is 4. The van der Waals surface area contributed by atoms with Crippen LogP contribution >= 0.6 is 0 Å². The van der Waals surface area contributed by atoms with Gasteiger partial charge in [-0.3, -0.25) is 30.5 Å². The predicted octanol–water partition coefficient (Wildman–Crippen LogP) is 1.10. The van der Waals surface area contributed by atoms with Crippen molar-refractivity contribution in [2.24, 2.45) is 5.92 Å². The predicted molar refractivity (Wildman–Crippen MR) is 107 cm³/mol. The lowest BCUT2D eigenvalue weighted by Gasteiger charge is -2.26. The second-order valence-corrected chi connectivity index (χ2v) is 7.25. The highest BCUT2D eigenvalue weighted by molar-refractivity contribution is 5.80. The summed E-state index contributed by atoms with van der Waals surface area (Å²) in [5, 5.41) is 9.97. The standard InChI is InChI=1S/C19H32N6O4/c1-3-4-5-6-16(12-25(28)14-26)18(27)22-23-19-20-15(2)11-17(21-19)13-24-7-9-29-10-8-24/h11,14,16,28H,3-10,12-13H2,1-2H3,(H,22,27)(H,20,21,23). The Morgan fingerprint density at radius 2 is 2.14 bits per heavy atom. The average molecular weight is 409 g/mol. The van der Waals surface area contributed by atoms with E-state index < -0.39 is 5.92 Å². The first-order valence-electron chi connectivity index (χ1n) is 10.1. The van der Waals surface area contributed by atoms with Crippen LogP contribution in [0.4, 0.5) is 5.95 Å². The van der Waals surface area contributed by atoms with Gasteiger partial charge in [0.1, 0.15) is 0 Å². The summed E-state index contributed by atoms with van der Waals surface area (Å²) >= 11 is 0. The smallest absolute Gasteiger partial charge is 0.243 e. The van der Waals surface area contributed by atoms with Gasteiger partial charge in [0.2, 0.25) is 18.3 Å². The van der Waals surface area contributed by atoms with Crippen LogP contribution in [0.5, 0.6) is 0 Å². The van der Waals surface area contributed by atoms with E-state index in [-0.39, 0.29) is 12.5 Å². The van der Waals surface area contributed by atoms with Gasteiger partial charge >= 0.3 is 0 Å². The van der Waals surface area contributed by atoms with Crippen LogP contribution in [0.25, 0.3) is 0 Å². The average Bonchev–Trinajstić information content (AvgIpc) is 2.71. The number of morpholine rings is 1. The molecule has 0 aromatic carbocycles. The molecule has 1 saturated heterocycles. The Balaban J connectivity index is 1.94. The fourth-order valence-corrected chi connectivity index (χ4v) is 3.19. The van der Waals surface area contributed by atoms with Crippen molar-refractivity contribution in [2.75, 3.05) is 38.3 Å². The van der Waals surface area contributed by atoms with Crippen molar-refractivity contribution in [3.8, 4) is 0 Å². The Kier molecular flexibility index (Phi) is 9.75. The molecular weight excluding hydrogens is 376 g/mol. The van der Waals surface area contributed by atoms with Crippen LogP contribution in [-0.4, -0.2) is 70.3 Å². The SMILES string of the molecule is CCCCCC(CN(O)C=O)C(=O)NNc1nc(C)cc(CN2CCOCC2)n1. The highest BCUT2D eigenvalue weighted by Gasteiger charge is 2.21. The molecule has 2 rings (SSSR count). The number of unbranched alkanes of at least 4 members (excludes halogenated alkanes) is 2. The summed E-state index contributed by atoms with van der Waals surface area (Å²) in [6.45, 7) is 7.72. The van der Waals surface area contributed by atoms with Crippen molar-refractivity contribution in [3.05, 3.63) is 17.5 Å². The van der Waals surface area contributed by atoms with Crippen LogP contribution in [0.1, 0.15) is 44.0 Å². The molecule has 10 heteroatoms. The number of hydrazine groups is 1. The number of hydroxylamine groups is 2. The maximum atomic E-state index is 12.5. The molecule has 1 aliphatic rings. The molecule has 0 radical (unpaired) electrons. The van der Waals surface area contributed by atoms with E-state index in [0.29, 0.717) is 43.6 Å². The maximum Gasteiger partial charge on any atom is 0.243 e. The molecule has 0 saturated carbocycles. The highest BCUT2D eigenvalue weighted by atomic mass is 16.5. The van der Waals surface area contributed by atoms with Crippen molar-refractivity contribution in [1.82, 2.24) is 25.4 Å². The molecule has 10 nitrogen and oxygen atoms in total. The van der Waals surface area contributed by atoms with E-state index in [9.17, 15) is 14.8 Å². The summed E-state index contributed by atoms with van der Waals surface area (Å²) in [5.74, 6) is -0.533. The summed E-state index contributed by atoms with van der Waals surface area (Å²) in [5.41, 5.74) is 7.04. The molecule has 1 aliphatic heterocycles. The third kappa shape index (κ3) is 8.30. The molecule has 1 unspecified atom stereocenters. The molecule has 1 aromatic heterocycles. The lowest BCUT2D eigenvalue weighted by Crippen LogP contribution is -2.40. The van der Waals surface area contributed by atoms with E-state index in [4.69, 9.17) is 4.74 Å². The molecular formula is C19H32N6O4. The van der Waals surface area contributed by atoms with Crippen molar-refractivity contribution in [2.45, 2.75) is 46.1 Å². The van der Waals surface area contributed by atoms with Gasteiger partial charge in [-0.05, 0) is 19.4 Å². The fraction of sp³-hybridized carbons (Fsp3) is 0.684. The lowest BCUT2D eigenvalue weighted by atomic mass is 10.0. The Morgan fingerprint density at radius 1 is 1.38 bits per heavy atom. The van der Waals surface area contributed by atoms with E-state index in [1.54, 1.807) is 0 Å². The normalized spacial score (nSPS) is 15.6. The molecule has 1 atom stereocenters. The molecule has 0 spiro atoms. The van der Waals surface area contributed by atoms with Crippen LogP contribution in [0.15, 0.2) is 6.07 Å². The molecule has 29 heavy (non-hydrogen) atoms. The van der Waals surface area contributed by atoms with Gasteiger partial charge in [-0.2, -0.15) is 0 Å². The Labute approximate surface area is 171 Å². The number of nitrogens with one attached hydrogen (secondary N) is 2. The third-order valence-corrected chi connectivity index (χ3v) is 4.75. The van der Waals surface area contributed by atoms with Crippen molar-refractivity contribution in [3.63, 3.8) is 0 Å². The largest absolute Gasteiger partial charge is 0.379 e. The number of hydrogen-bond donors (Lipinski definition) is 3. The molecule has 2 heterocycles. The minimum atomic E-state index is -0.526. The van der Waals surface area contributed by atoms with Gasteiger partial charge in [-0.25, -0.2) is 15.0 Å². The van der Waals surface area contributed by atoms with Crippen LogP contribution in [0.2, 0.25) is 0 Å². The summed E-state index contributed by atoms with van der Waals surface area (Å²) in [6.07, 6.45) is 3.71. The van der Waals surface area contributed by atoms with Gasteiger partial charge in [0, 0.05) is 25.3 Å². The van der Waals surface area contributed by atoms with Gasteiger partial charge in [0.15, 0.2) is 0 Å². The van der Waals surface area contributed by atoms with Gasteiger partial charge in [0.05, 0.1) is 31.4 Å². The number of aromatic nitrogens is 2. The Hall–Kier alpha value is -2.30. The van der Waals surface area contributed by atoms with Gasteiger partial charge in [-0.1, -0.05) is 26.2 Å². The summed E-state index contributed by atoms with van der Waals surface area (Å²) in [6, 6.07) is 1.92. The number of anilines is 1. The molecule has 2 amide bonds. The van der Waals surface area contributed by atoms with Gasteiger partial charge in [0.25, 0.3) is 0 Å². The van der Waals surface area contributed by atoms with E-state index in [1.807, 2.05) is 13.0 Å². The molecule has 0 bridgehead atoms. The minimum absolute atomic E-state index is 0.0579. The van der Waals surface area contributed by atoms with Crippen LogP contribution in [0, 0.1) is 12.8 Å². The van der Waals surface area contributed by atoms with E-state index in [0.717, 1.165) is 43.7 Å². The second kappa shape index (κ2) is 12.3. The van der Waals surface area contributed by atoms with Gasteiger partial charge in [-0.15, -0.1) is 0 Å². The number of aryl methyl sites for hydroxylation is 1. The van der Waals surface area contributed by atoms with Crippen LogP contribution < -0.4 is 10.9 Å². The number of amides is 2. The molecule has 162 valence electrons. The quantitative estimate of drug-likeness (QED) is 0.204. The third-order valence-electron chi connectivity index (χ3n) is 4.75. The number of hydrogen-bond acceptors (Lipinski definition) is 8. The fourth-order valence-electron chi connectivity index (χ4n) is 3.19. The van der Waals surface area contributed by atoms with E-state index in [2.05, 4.69) is 32.6 Å². The maximum absolute atomic E-state index is 12.5. The zero-order valence-corrected chi connectivity index (χ0v) is 17.3. The zero-order chi connectivity index (χ0) is 21.1. The summed E-state index contributed by atoms with van der Waals surface area (Å²) in [7, 11) is 0. The first-order valence-corrected chi connectivity index (χ1v) is 10.1. The molecule has 0 aliphatic carbocycles. The summed E-state index contributed by atoms with van der Waals surface area (Å²) in [4.78, 5) is 34.3. The number of carbonyl (C=O) groups excluding carboxylic acids is 2. The van der Waals surface area contributed by atoms with E-state index in [1.165, 1.54) is 0 Å². The zero-order valence-electron chi connectivity index (χ0n) is 17.3. The van der Waals surface area contributed by atoms with Gasteiger partial charge < -0.3 is 4.74 Å². The lowest BCUT2D eigenvalue weighted by molar-refractivity contribution is -0.154. The first kappa shape index (κ1) is 23.0. The number of carbonyl (C=O) groups is 2. The van der Waals surface area contributed by atoms with Crippen LogP contribution in [-0.2, 0) is 20.9 Å². The number of ether oxygens (including phenoxy) is 1. The highest BCUT2D eigenvalue weighted by Crippen LogP contribution is 2.12. The Morgan fingerprint density at radius 3 is 2.83 bits per heavy atom. The molecule has 3 N–H and O–H groups in total. The monoisotopic (exact) mass is 408 g/mol. The van der Waals surface area contributed by atoms with Crippen molar-refractivity contribution >= 4 is 18.3 Å².